The molecular formula is C8H9O2. The Morgan fingerprint density at radius 1 is 1.30 bits per heavy atom. The van der Waals surface area contributed by atoms with Crippen molar-refractivity contribution in [2.24, 2.45) is 0 Å². The van der Waals surface area contributed by atoms with E-state index in [1.54, 1.807) is 18.2 Å². The smallest absolute Gasteiger partial charge is 0.118 e. The fraction of sp³-hybridized carbons (Fsp3) is 0.250. The van der Waals surface area contributed by atoms with E-state index in [9.17, 15) is 5.11 Å². The molecular weight excluding hydrogens is 128 g/mol. The lowest BCUT2D eigenvalue weighted by Crippen LogP contribution is -1.88. The fourth-order valence-electron chi connectivity index (χ4n) is 0.832. The Kier molecular flexibility index (Phi) is 2.29. The Labute approximate surface area is 59.7 Å². The second-order valence-corrected chi connectivity index (χ2v) is 2.08. The summed E-state index contributed by atoms with van der Waals surface area (Å²) in [6.07, 6.45) is 0.409. The van der Waals surface area contributed by atoms with Gasteiger partial charge in [0.05, 0.1) is 6.61 Å². The molecule has 1 aromatic rings. The van der Waals surface area contributed by atoms with Gasteiger partial charge in [0, 0.05) is 6.42 Å². The first-order valence-corrected chi connectivity index (χ1v) is 3.19. The lowest BCUT2D eigenvalue weighted by Gasteiger charge is -1.98. The van der Waals surface area contributed by atoms with E-state index in [4.69, 9.17) is 5.11 Å². The predicted octanol–water partition coefficient (Wildman–Crippen LogP) is 1.37. The summed E-state index contributed by atoms with van der Waals surface area (Å²) in [5, 5.41) is 19.2. The van der Waals surface area contributed by atoms with Gasteiger partial charge >= 0.3 is 0 Å². The van der Waals surface area contributed by atoms with Crippen molar-refractivity contribution in [3.05, 3.63) is 29.8 Å². The van der Waals surface area contributed by atoms with E-state index in [0.717, 1.165) is 5.56 Å². The normalized spacial score (nSPS) is 9.70. The Morgan fingerprint density at radius 3 is 2.60 bits per heavy atom. The van der Waals surface area contributed by atoms with Gasteiger partial charge in [-0.05, 0) is 11.6 Å². The second kappa shape index (κ2) is 3.22. The van der Waals surface area contributed by atoms with Gasteiger partial charge in [-0.1, -0.05) is 18.2 Å². The minimum absolute atomic E-state index is 0.169. The Bertz CT molecular complexity index is 208. The maximum absolute atomic E-state index is 10.1. The number of hydrogen-bond donors (Lipinski definition) is 1. The van der Waals surface area contributed by atoms with Crippen LogP contribution in [0.4, 0.5) is 0 Å². The molecule has 0 aromatic heterocycles. The van der Waals surface area contributed by atoms with Crippen molar-refractivity contribution in [2.75, 3.05) is 6.61 Å². The highest BCUT2D eigenvalue weighted by molar-refractivity contribution is 5.31. The van der Waals surface area contributed by atoms with Gasteiger partial charge in [-0.15, -0.1) is 0 Å². The third-order valence-electron chi connectivity index (χ3n) is 1.36. The third-order valence-corrected chi connectivity index (χ3v) is 1.36. The zero-order valence-corrected chi connectivity index (χ0v) is 5.58. The van der Waals surface area contributed by atoms with Crippen molar-refractivity contribution >= 4 is 0 Å². The van der Waals surface area contributed by atoms with Crippen LogP contribution in [0.15, 0.2) is 24.3 Å². The van der Waals surface area contributed by atoms with Gasteiger partial charge in [0.1, 0.15) is 5.75 Å². The van der Waals surface area contributed by atoms with Crippen LogP contribution in [0, 0.1) is 0 Å². The molecule has 2 nitrogen and oxygen atoms in total. The van der Waals surface area contributed by atoms with Crippen LogP contribution >= 0.6 is 0 Å². The molecule has 0 heterocycles. The van der Waals surface area contributed by atoms with E-state index >= 15 is 0 Å². The predicted molar refractivity (Wildman–Crippen MR) is 37.4 cm³/mol. The monoisotopic (exact) mass is 137 g/mol. The number of hydrogen-bond acceptors (Lipinski definition) is 1. The number of phenolic OH excluding ortho intramolecular Hbond substituents is 1. The second-order valence-electron chi connectivity index (χ2n) is 2.08. The van der Waals surface area contributed by atoms with E-state index in [-0.39, 0.29) is 12.4 Å². The van der Waals surface area contributed by atoms with Crippen LogP contribution < -0.4 is 0 Å². The molecule has 0 aliphatic heterocycles. The minimum atomic E-state index is -0.169. The maximum atomic E-state index is 10.1. The average molecular weight is 137 g/mol. The minimum Gasteiger partial charge on any atom is -0.508 e. The van der Waals surface area contributed by atoms with Crippen LogP contribution in [0.2, 0.25) is 0 Å². The highest BCUT2D eigenvalue weighted by Crippen LogP contribution is 2.15. The van der Waals surface area contributed by atoms with Crippen LogP contribution in [0.3, 0.4) is 0 Å². The van der Waals surface area contributed by atoms with Gasteiger partial charge in [0.25, 0.3) is 0 Å². The number of aromatic hydroxyl groups is 1. The molecule has 0 saturated heterocycles. The standard InChI is InChI=1S/C8H9O2/c9-6-5-7-3-1-2-4-8(7)10/h1-4,10H,5-6H2. The number of benzene rings is 1. The molecule has 0 aliphatic carbocycles. The van der Waals surface area contributed by atoms with Gasteiger partial charge in [0.2, 0.25) is 0 Å². The molecule has 0 bridgehead atoms. The molecule has 0 atom stereocenters. The largest absolute Gasteiger partial charge is 0.508 e. The van der Waals surface area contributed by atoms with Gasteiger partial charge in [0.15, 0.2) is 0 Å². The van der Waals surface area contributed by atoms with Crippen molar-refractivity contribution in [3.8, 4) is 5.75 Å². The highest BCUT2D eigenvalue weighted by Gasteiger charge is 1.96. The summed E-state index contributed by atoms with van der Waals surface area (Å²) in [5.74, 6) is 0.221. The van der Waals surface area contributed by atoms with Gasteiger partial charge < -0.3 is 5.11 Å². The quantitative estimate of drug-likeness (QED) is 0.657. The van der Waals surface area contributed by atoms with Crippen LogP contribution in [0.25, 0.3) is 0 Å². The molecule has 0 fully saturated rings. The lowest BCUT2D eigenvalue weighted by atomic mass is 10.1. The van der Waals surface area contributed by atoms with Crippen LogP contribution in [0.5, 0.6) is 5.75 Å². The molecule has 0 aliphatic rings. The summed E-state index contributed by atoms with van der Waals surface area (Å²) < 4.78 is 0. The molecule has 2 heteroatoms. The summed E-state index contributed by atoms with van der Waals surface area (Å²) in [4.78, 5) is 0. The first-order chi connectivity index (χ1) is 4.84. The SMILES string of the molecule is [O]CCc1ccccc1O. The van der Waals surface area contributed by atoms with Crippen LogP contribution in [-0.2, 0) is 11.5 Å². The maximum Gasteiger partial charge on any atom is 0.118 e. The molecule has 0 amide bonds. The van der Waals surface area contributed by atoms with E-state index < -0.39 is 0 Å². The summed E-state index contributed by atoms with van der Waals surface area (Å²) >= 11 is 0. The Morgan fingerprint density at radius 2 is 2.00 bits per heavy atom. The van der Waals surface area contributed by atoms with E-state index in [1.807, 2.05) is 6.07 Å². The van der Waals surface area contributed by atoms with Gasteiger partial charge in [-0.3, -0.25) is 0 Å². The zero-order valence-electron chi connectivity index (χ0n) is 5.58. The van der Waals surface area contributed by atoms with Gasteiger partial charge in [-0.25, -0.2) is 5.11 Å². The van der Waals surface area contributed by atoms with Crippen molar-refractivity contribution in [2.45, 2.75) is 6.42 Å². The third kappa shape index (κ3) is 1.48. The van der Waals surface area contributed by atoms with Crippen molar-refractivity contribution in [1.29, 1.82) is 0 Å². The molecule has 0 unspecified atom stereocenters. The average Bonchev–Trinajstić information content (AvgIpc) is 1.94. The van der Waals surface area contributed by atoms with Crippen molar-refractivity contribution < 1.29 is 10.2 Å². The highest BCUT2D eigenvalue weighted by atomic mass is 16.3. The van der Waals surface area contributed by atoms with E-state index in [1.165, 1.54) is 0 Å². The summed E-state index contributed by atoms with van der Waals surface area (Å²) in [7, 11) is 0. The molecule has 0 saturated carbocycles. The summed E-state index contributed by atoms with van der Waals surface area (Å²) in [6, 6.07) is 6.90. The summed E-state index contributed by atoms with van der Waals surface area (Å²) in [6.45, 7) is -0.169. The topological polar surface area (TPSA) is 40.1 Å². The Hall–Kier alpha value is -1.02. The van der Waals surface area contributed by atoms with Gasteiger partial charge in [-0.2, -0.15) is 0 Å². The summed E-state index contributed by atoms with van der Waals surface area (Å²) in [5.41, 5.74) is 0.734. The van der Waals surface area contributed by atoms with Crippen LogP contribution in [-0.4, -0.2) is 11.7 Å². The fourth-order valence-corrected chi connectivity index (χ4v) is 0.832. The lowest BCUT2D eigenvalue weighted by molar-refractivity contribution is 0.196. The number of rotatable bonds is 2. The molecule has 0 spiro atoms. The number of para-hydroxylation sites is 1. The molecule has 1 aromatic carbocycles. The molecule has 53 valence electrons. The number of phenols is 1. The molecule has 1 N–H and O–H groups in total. The first kappa shape index (κ1) is 7.09. The first-order valence-electron chi connectivity index (χ1n) is 3.19. The van der Waals surface area contributed by atoms with Crippen LogP contribution in [0.1, 0.15) is 5.56 Å². The van der Waals surface area contributed by atoms with Crippen molar-refractivity contribution in [3.63, 3.8) is 0 Å². The van der Waals surface area contributed by atoms with Crippen molar-refractivity contribution in [1.82, 2.24) is 0 Å². The molecule has 1 radical (unpaired) electrons. The zero-order chi connectivity index (χ0) is 7.40. The van der Waals surface area contributed by atoms with E-state index in [0.29, 0.717) is 6.42 Å². The molecule has 10 heavy (non-hydrogen) atoms. The molecule has 1 rings (SSSR count). The Balaban J connectivity index is 2.81. The van der Waals surface area contributed by atoms with E-state index in [2.05, 4.69) is 0 Å².